The summed E-state index contributed by atoms with van der Waals surface area (Å²) in [4.78, 5) is 26.3. The number of hydrogen-bond acceptors (Lipinski definition) is 4. The number of carbonyl (C=O) groups is 2. The molecule has 2 aromatic rings. The van der Waals surface area contributed by atoms with Gasteiger partial charge in [-0.2, -0.15) is 26.3 Å². The van der Waals surface area contributed by atoms with Crippen LogP contribution >= 0.6 is 11.6 Å². The lowest BCUT2D eigenvalue weighted by Crippen LogP contribution is -2.53. The number of halogens is 8. The van der Waals surface area contributed by atoms with Gasteiger partial charge in [0.25, 0.3) is 0 Å². The van der Waals surface area contributed by atoms with Crippen molar-refractivity contribution in [3.8, 4) is 0 Å². The number of carboxylic acid groups (broad SMARTS) is 1. The zero-order chi connectivity index (χ0) is 32.5. The minimum atomic E-state index is -6.35. The Morgan fingerprint density at radius 3 is 2.07 bits per heavy atom. The van der Waals surface area contributed by atoms with Crippen LogP contribution in [0.15, 0.2) is 47.4 Å². The van der Waals surface area contributed by atoms with E-state index in [1.165, 1.54) is 29.2 Å². The minimum absolute atomic E-state index is 0.0593. The number of fused-ring (bicyclic) bond motifs is 3. The Hall–Kier alpha value is -2.87. The van der Waals surface area contributed by atoms with Gasteiger partial charge in [-0.3, -0.25) is 9.59 Å². The summed E-state index contributed by atoms with van der Waals surface area (Å²) in [6.45, 7) is -0.0818. The molecule has 15 heteroatoms. The summed E-state index contributed by atoms with van der Waals surface area (Å²) in [6, 6.07) is 5.72. The number of carbonyl (C=O) groups excluding carboxylic acids is 1. The smallest absolute Gasteiger partial charge is 0.435 e. The predicted molar refractivity (Wildman–Crippen MR) is 143 cm³/mol. The molecule has 2 fully saturated rings. The molecule has 2 atom stereocenters. The number of alkyl halides is 7. The highest BCUT2D eigenvalue weighted by Crippen LogP contribution is 2.57. The monoisotopic (exact) mass is 669 g/mol. The number of aliphatic carboxylic acids is 1. The quantitative estimate of drug-likeness (QED) is 0.357. The molecule has 1 N–H and O–H groups in total. The van der Waals surface area contributed by atoms with Crippen LogP contribution in [0.25, 0.3) is 0 Å². The Morgan fingerprint density at radius 2 is 1.50 bits per heavy atom. The average molecular weight is 670 g/mol. The minimum Gasteiger partial charge on any atom is -0.481 e. The van der Waals surface area contributed by atoms with Gasteiger partial charge in [0.15, 0.2) is 9.84 Å². The number of nitrogens with zero attached hydrogens (tertiary/aromatic N) is 1. The number of carboxylic acids is 1. The summed E-state index contributed by atoms with van der Waals surface area (Å²) >= 11 is 6.08. The molecule has 0 unspecified atom stereocenters. The molecule has 2 aromatic carbocycles. The summed E-state index contributed by atoms with van der Waals surface area (Å²) in [5.74, 6) is -2.55. The van der Waals surface area contributed by atoms with Crippen LogP contribution < -0.4 is 0 Å². The van der Waals surface area contributed by atoms with Crippen molar-refractivity contribution in [3.63, 3.8) is 0 Å². The van der Waals surface area contributed by atoms with Crippen LogP contribution in [0.2, 0.25) is 5.02 Å². The maximum Gasteiger partial charge on any atom is 0.435 e. The Kier molecular flexibility index (Phi) is 8.05. The van der Waals surface area contributed by atoms with E-state index in [0.29, 0.717) is 12.1 Å². The molecule has 6 nitrogen and oxygen atoms in total. The van der Waals surface area contributed by atoms with Crippen molar-refractivity contribution in [2.45, 2.75) is 78.7 Å². The molecule has 1 heterocycles. The lowest BCUT2D eigenvalue weighted by atomic mass is 9.76. The Balaban J connectivity index is 1.63. The second kappa shape index (κ2) is 10.9. The van der Waals surface area contributed by atoms with E-state index < -0.39 is 62.0 Å². The molecule has 1 saturated carbocycles. The van der Waals surface area contributed by atoms with Gasteiger partial charge >= 0.3 is 24.0 Å². The zero-order valence-corrected chi connectivity index (χ0v) is 24.5. The van der Waals surface area contributed by atoms with Crippen molar-refractivity contribution in [3.05, 3.63) is 64.2 Å². The first-order valence-corrected chi connectivity index (χ1v) is 15.7. The largest absolute Gasteiger partial charge is 0.481 e. The highest BCUT2D eigenvalue weighted by Gasteiger charge is 2.74. The van der Waals surface area contributed by atoms with Crippen molar-refractivity contribution in [1.82, 2.24) is 4.90 Å². The van der Waals surface area contributed by atoms with Gasteiger partial charge in [-0.1, -0.05) is 35.9 Å². The third-order valence-electron chi connectivity index (χ3n) is 9.36. The molecule has 0 radical (unpaired) electrons. The molecule has 1 aliphatic heterocycles. The van der Waals surface area contributed by atoms with Gasteiger partial charge in [0.1, 0.15) is 4.75 Å². The topological polar surface area (TPSA) is 91.8 Å². The molecule has 240 valence electrons. The molecular formula is C29H27ClF7NO5S. The van der Waals surface area contributed by atoms with Gasteiger partial charge in [-0.05, 0) is 74.3 Å². The zero-order valence-electron chi connectivity index (χ0n) is 22.9. The number of sulfone groups is 1. The number of amides is 1. The van der Waals surface area contributed by atoms with Crippen LogP contribution in [0.1, 0.15) is 55.2 Å². The van der Waals surface area contributed by atoms with Gasteiger partial charge in [0, 0.05) is 23.0 Å². The van der Waals surface area contributed by atoms with Crippen LogP contribution in [0.3, 0.4) is 0 Å². The third-order valence-corrected chi connectivity index (χ3v) is 12.1. The molecule has 1 amide bonds. The SMILES string of the molecule is O=C(O)C1CCC(C(=O)N2CC[C@@]3(S(=O)(=O)c4cccc(Cl)c4)c4ccc(C(F)(C(F)(F)F)C(F)(F)F)cc4CC[C@@H]23)CC1. The van der Waals surface area contributed by atoms with Crippen LogP contribution in [0, 0.1) is 11.8 Å². The lowest BCUT2D eigenvalue weighted by molar-refractivity contribution is -0.348. The molecule has 2 aliphatic carbocycles. The molecule has 1 saturated heterocycles. The van der Waals surface area contributed by atoms with Gasteiger partial charge in [0.05, 0.1) is 16.9 Å². The van der Waals surface area contributed by atoms with Gasteiger partial charge in [0.2, 0.25) is 5.91 Å². The van der Waals surface area contributed by atoms with Crippen molar-refractivity contribution in [1.29, 1.82) is 0 Å². The van der Waals surface area contributed by atoms with Crippen LogP contribution in [-0.4, -0.2) is 55.2 Å². The maximum atomic E-state index is 15.0. The number of benzene rings is 2. The standard InChI is InChI=1S/C29H27ClF7NO5S/c30-20-2-1-3-21(15-20)44(42,43)26-12-13-38(24(39)16-4-6-17(7-5-16)25(40)41)23(26)11-8-18-14-19(9-10-22(18)26)27(31,28(32,33)34)29(35,36)37/h1-3,9-10,14-17,23H,4-8,11-13H2,(H,40,41)/t16?,17?,23-,26-/m1/s1. The van der Waals surface area contributed by atoms with E-state index in [2.05, 4.69) is 0 Å². The summed E-state index contributed by atoms with van der Waals surface area (Å²) in [5, 5.41) is 9.37. The second-order valence-electron chi connectivity index (χ2n) is 11.6. The molecular weight excluding hydrogens is 643 g/mol. The lowest BCUT2D eigenvalue weighted by Gasteiger charge is -2.44. The van der Waals surface area contributed by atoms with E-state index in [1.807, 2.05) is 0 Å². The first-order valence-electron chi connectivity index (χ1n) is 13.9. The maximum absolute atomic E-state index is 15.0. The fraction of sp³-hybridized carbons (Fsp3) is 0.517. The summed E-state index contributed by atoms with van der Waals surface area (Å²) in [7, 11) is -4.51. The second-order valence-corrected chi connectivity index (χ2v) is 14.2. The molecule has 0 spiro atoms. The third kappa shape index (κ3) is 4.87. The van der Waals surface area contributed by atoms with Crippen molar-refractivity contribution >= 4 is 33.3 Å². The van der Waals surface area contributed by atoms with E-state index in [4.69, 9.17) is 11.6 Å². The molecule has 0 aromatic heterocycles. The Bertz CT molecular complexity index is 1570. The molecule has 0 bridgehead atoms. The fourth-order valence-electron chi connectivity index (χ4n) is 7.16. The van der Waals surface area contributed by atoms with E-state index in [0.717, 1.165) is 6.07 Å². The van der Waals surface area contributed by atoms with Gasteiger partial charge in [-0.15, -0.1) is 0 Å². The summed E-state index contributed by atoms with van der Waals surface area (Å²) in [5.41, 5.74) is -7.71. The van der Waals surface area contributed by atoms with E-state index in [-0.39, 0.29) is 78.4 Å². The normalized spacial score (nSPS) is 26.2. The number of likely N-dealkylation sites (tertiary alicyclic amines) is 1. The van der Waals surface area contributed by atoms with Gasteiger partial charge < -0.3 is 10.0 Å². The van der Waals surface area contributed by atoms with Gasteiger partial charge in [-0.25, -0.2) is 12.8 Å². The van der Waals surface area contributed by atoms with Crippen molar-refractivity contribution in [2.24, 2.45) is 11.8 Å². The van der Waals surface area contributed by atoms with E-state index in [1.54, 1.807) is 0 Å². The first-order chi connectivity index (χ1) is 20.4. The van der Waals surface area contributed by atoms with Crippen molar-refractivity contribution in [2.75, 3.05) is 6.54 Å². The molecule has 5 rings (SSSR count). The van der Waals surface area contributed by atoms with E-state index >= 15 is 0 Å². The van der Waals surface area contributed by atoms with Crippen LogP contribution in [-0.2, 0) is 36.3 Å². The van der Waals surface area contributed by atoms with E-state index in [9.17, 15) is 53.8 Å². The first kappa shape index (κ1) is 32.5. The number of aryl methyl sites for hydroxylation is 1. The van der Waals surface area contributed by atoms with Crippen LogP contribution in [0.5, 0.6) is 0 Å². The highest BCUT2D eigenvalue weighted by atomic mass is 35.5. The average Bonchev–Trinajstić information content (AvgIpc) is 3.36. The Labute approximate surface area is 253 Å². The fourth-order valence-corrected chi connectivity index (χ4v) is 9.83. The molecule has 3 aliphatic rings. The highest BCUT2D eigenvalue weighted by molar-refractivity contribution is 7.92. The number of rotatable bonds is 5. The Morgan fingerprint density at radius 1 is 0.886 bits per heavy atom. The number of hydrogen-bond donors (Lipinski definition) is 1. The van der Waals surface area contributed by atoms with Crippen LogP contribution in [0.4, 0.5) is 30.7 Å². The molecule has 44 heavy (non-hydrogen) atoms. The predicted octanol–water partition coefficient (Wildman–Crippen LogP) is 6.74. The van der Waals surface area contributed by atoms with Crippen molar-refractivity contribution < 1.29 is 53.8 Å². The summed E-state index contributed by atoms with van der Waals surface area (Å²) < 4.78 is 123. The summed E-state index contributed by atoms with van der Waals surface area (Å²) in [6.07, 6.45) is -12.2.